The number of likely N-dealkylation sites (tertiary alicyclic amines) is 1. The van der Waals surface area contributed by atoms with E-state index in [9.17, 15) is 9.18 Å². The molecular weight excluding hydrogens is 373 g/mol. The highest BCUT2D eigenvalue weighted by Crippen LogP contribution is 2.26. The smallest absolute Gasteiger partial charge is 0.273 e. The molecule has 1 fully saturated rings. The summed E-state index contributed by atoms with van der Waals surface area (Å²) in [7, 11) is 0. The molecule has 1 saturated heterocycles. The Balaban J connectivity index is 1.53. The Morgan fingerprint density at radius 2 is 2.15 bits per heavy atom. The fraction of sp³-hybridized carbons (Fsp3) is 0.500. The van der Waals surface area contributed by atoms with Gasteiger partial charge in [0.05, 0.1) is 12.2 Å². The fourth-order valence-corrected chi connectivity index (χ4v) is 3.40. The van der Waals surface area contributed by atoms with Gasteiger partial charge in [0, 0.05) is 43.4 Å². The number of carbonyl (C=O) groups excluding carboxylic acids is 1. The molecule has 0 spiro atoms. The quantitative estimate of drug-likeness (QED) is 0.701. The molecular formula is C18H23ClFN5O2. The van der Waals surface area contributed by atoms with Gasteiger partial charge in [0.25, 0.3) is 5.91 Å². The van der Waals surface area contributed by atoms with Crippen LogP contribution in [-0.4, -0.2) is 57.1 Å². The number of aliphatic hydroxyl groups excluding tert-OH is 1. The van der Waals surface area contributed by atoms with Gasteiger partial charge in [0.2, 0.25) is 0 Å². The molecule has 0 radical (unpaired) electrons. The highest BCUT2D eigenvalue weighted by molar-refractivity contribution is 6.31. The van der Waals surface area contributed by atoms with E-state index in [0.29, 0.717) is 30.1 Å². The van der Waals surface area contributed by atoms with Gasteiger partial charge in [-0.2, -0.15) is 0 Å². The van der Waals surface area contributed by atoms with Crippen LogP contribution in [0.5, 0.6) is 0 Å². The average molecular weight is 396 g/mol. The number of benzene rings is 1. The summed E-state index contributed by atoms with van der Waals surface area (Å²) in [5, 5.41) is 19.9. The summed E-state index contributed by atoms with van der Waals surface area (Å²) in [6.07, 6.45) is 3.83. The number of aromatic nitrogens is 3. The SMILES string of the molecule is O=C(NCCCO)c1cn(C2CCN(Cc3c(F)cccc3Cl)CC2)nn1. The first-order valence-electron chi connectivity index (χ1n) is 9.04. The summed E-state index contributed by atoms with van der Waals surface area (Å²) in [4.78, 5) is 14.1. The third-order valence-corrected chi connectivity index (χ3v) is 5.09. The second kappa shape index (κ2) is 9.25. The molecule has 9 heteroatoms. The van der Waals surface area contributed by atoms with Gasteiger partial charge in [0.1, 0.15) is 5.82 Å². The van der Waals surface area contributed by atoms with Crippen molar-refractivity contribution in [1.29, 1.82) is 0 Å². The molecule has 0 atom stereocenters. The Kier molecular flexibility index (Phi) is 6.76. The summed E-state index contributed by atoms with van der Waals surface area (Å²) in [6, 6.07) is 4.89. The predicted octanol–water partition coefficient (Wildman–Crippen LogP) is 2.02. The Hall–Kier alpha value is -2.03. The molecule has 2 aromatic rings. The lowest BCUT2D eigenvalue weighted by molar-refractivity contribution is 0.0946. The van der Waals surface area contributed by atoms with Crippen LogP contribution >= 0.6 is 11.6 Å². The maximum atomic E-state index is 14.0. The lowest BCUT2D eigenvalue weighted by Gasteiger charge is -2.32. The van der Waals surface area contributed by atoms with Crippen LogP contribution in [0.15, 0.2) is 24.4 Å². The first-order chi connectivity index (χ1) is 13.1. The van der Waals surface area contributed by atoms with Gasteiger partial charge in [-0.25, -0.2) is 9.07 Å². The number of hydrogen-bond donors (Lipinski definition) is 2. The van der Waals surface area contributed by atoms with Crippen LogP contribution in [-0.2, 0) is 6.54 Å². The van der Waals surface area contributed by atoms with Gasteiger partial charge in [-0.05, 0) is 31.4 Å². The van der Waals surface area contributed by atoms with Crippen molar-refractivity contribution in [3.63, 3.8) is 0 Å². The fourth-order valence-electron chi connectivity index (χ4n) is 3.18. The predicted molar refractivity (Wildman–Crippen MR) is 99.0 cm³/mol. The molecule has 1 aromatic heterocycles. The van der Waals surface area contributed by atoms with Crippen LogP contribution in [0.25, 0.3) is 0 Å². The average Bonchev–Trinajstić information content (AvgIpc) is 3.16. The second-order valence-electron chi connectivity index (χ2n) is 6.62. The van der Waals surface area contributed by atoms with E-state index in [-0.39, 0.29) is 30.1 Å². The molecule has 0 aliphatic carbocycles. The Labute approximate surface area is 162 Å². The molecule has 1 aliphatic heterocycles. The maximum Gasteiger partial charge on any atom is 0.273 e. The van der Waals surface area contributed by atoms with E-state index < -0.39 is 0 Å². The summed E-state index contributed by atoms with van der Waals surface area (Å²) >= 11 is 6.11. The van der Waals surface area contributed by atoms with Gasteiger partial charge in [-0.3, -0.25) is 9.69 Å². The second-order valence-corrected chi connectivity index (χ2v) is 7.03. The van der Waals surface area contributed by atoms with E-state index in [1.807, 2.05) is 0 Å². The molecule has 0 unspecified atom stereocenters. The van der Waals surface area contributed by atoms with Crippen LogP contribution in [0.1, 0.15) is 41.4 Å². The van der Waals surface area contributed by atoms with Crippen molar-refractivity contribution in [2.24, 2.45) is 0 Å². The number of hydrogen-bond acceptors (Lipinski definition) is 5. The summed E-state index contributed by atoms with van der Waals surface area (Å²) in [5.74, 6) is -0.570. The monoisotopic (exact) mass is 395 g/mol. The van der Waals surface area contributed by atoms with Crippen LogP contribution in [0.2, 0.25) is 5.02 Å². The largest absolute Gasteiger partial charge is 0.396 e. The zero-order valence-corrected chi connectivity index (χ0v) is 15.7. The van der Waals surface area contributed by atoms with Crippen molar-refractivity contribution >= 4 is 17.5 Å². The Morgan fingerprint density at radius 1 is 1.37 bits per heavy atom. The van der Waals surface area contributed by atoms with E-state index in [2.05, 4.69) is 20.5 Å². The number of halogens is 2. The van der Waals surface area contributed by atoms with Crippen molar-refractivity contribution in [3.8, 4) is 0 Å². The van der Waals surface area contributed by atoms with Crippen molar-refractivity contribution in [3.05, 3.63) is 46.5 Å². The number of rotatable bonds is 7. The first kappa shape index (κ1) is 19.7. The van der Waals surface area contributed by atoms with Crippen molar-refractivity contribution < 1.29 is 14.3 Å². The van der Waals surface area contributed by atoms with Gasteiger partial charge in [0.15, 0.2) is 5.69 Å². The molecule has 1 amide bonds. The minimum absolute atomic E-state index is 0.0314. The Morgan fingerprint density at radius 3 is 2.85 bits per heavy atom. The minimum Gasteiger partial charge on any atom is -0.396 e. The van der Waals surface area contributed by atoms with Crippen molar-refractivity contribution in [2.75, 3.05) is 26.2 Å². The lowest BCUT2D eigenvalue weighted by atomic mass is 10.0. The highest BCUT2D eigenvalue weighted by Gasteiger charge is 2.23. The van der Waals surface area contributed by atoms with E-state index in [1.165, 1.54) is 6.07 Å². The topological polar surface area (TPSA) is 83.3 Å². The molecule has 27 heavy (non-hydrogen) atoms. The molecule has 2 heterocycles. The van der Waals surface area contributed by atoms with E-state index in [1.54, 1.807) is 23.0 Å². The summed E-state index contributed by atoms with van der Waals surface area (Å²) in [6.45, 7) is 2.48. The third kappa shape index (κ3) is 5.03. The normalized spacial score (nSPS) is 15.8. The van der Waals surface area contributed by atoms with Gasteiger partial charge in [-0.1, -0.05) is 22.9 Å². The summed E-state index contributed by atoms with van der Waals surface area (Å²) < 4.78 is 15.7. The van der Waals surface area contributed by atoms with E-state index in [4.69, 9.17) is 16.7 Å². The zero-order chi connectivity index (χ0) is 19.2. The molecule has 1 aliphatic rings. The number of amides is 1. The van der Waals surface area contributed by atoms with Crippen molar-refractivity contribution in [2.45, 2.75) is 31.8 Å². The first-order valence-corrected chi connectivity index (χ1v) is 9.42. The standard InChI is InChI=1S/C18H23ClFN5O2/c19-15-3-1-4-16(20)14(15)11-24-8-5-13(6-9-24)25-12-17(22-23-25)18(27)21-7-2-10-26/h1,3-4,12-13,26H,2,5-11H2,(H,21,27). The zero-order valence-electron chi connectivity index (χ0n) is 14.9. The number of piperidine rings is 1. The maximum absolute atomic E-state index is 14.0. The van der Waals surface area contributed by atoms with Gasteiger partial charge in [-0.15, -0.1) is 5.10 Å². The summed E-state index contributed by atoms with van der Waals surface area (Å²) in [5.41, 5.74) is 0.800. The number of nitrogens with zero attached hydrogens (tertiary/aromatic N) is 4. The van der Waals surface area contributed by atoms with Crippen LogP contribution in [0.4, 0.5) is 4.39 Å². The van der Waals surface area contributed by atoms with Gasteiger partial charge >= 0.3 is 0 Å². The molecule has 146 valence electrons. The van der Waals surface area contributed by atoms with E-state index >= 15 is 0 Å². The molecule has 0 bridgehead atoms. The number of aliphatic hydroxyl groups is 1. The molecule has 7 nitrogen and oxygen atoms in total. The van der Waals surface area contributed by atoms with Crippen LogP contribution in [0, 0.1) is 5.82 Å². The lowest BCUT2D eigenvalue weighted by Crippen LogP contribution is -2.34. The molecule has 1 aromatic carbocycles. The minimum atomic E-state index is -0.290. The molecule has 3 rings (SSSR count). The highest BCUT2D eigenvalue weighted by atomic mass is 35.5. The van der Waals surface area contributed by atoms with Crippen LogP contribution in [0.3, 0.4) is 0 Å². The molecule has 2 N–H and O–H groups in total. The number of nitrogens with one attached hydrogen (secondary N) is 1. The third-order valence-electron chi connectivity index (χ3n) is 4.74. The van der Waals surface area contributed by atoms with Gasteiger partial charge < -0.3 is 10.4 Å². The number of carbonyl (C=O) groups is 1. The molecule has 0 saturated carbocycles. The van der Waals surface area contributed by atoms with Crippen molar-refractivity contribution in [1.82, 2.24) is 25.2 Å². The Bertz CT molecular complexity index is 757. The van der Waals surface area contributed by atoms with E-state index in [0.717, 1.165) is 25.9 Å². The van der Waals surface area contributed by atoms with Crippen LogP contribution < -0.4 is 5.32 Å².